The van der Waals surface area contributed by atoms with Crippen molar-refractivity contribution in [2.75, 3.05) is 39.3 Å². The van der Waals surface area contributed by atoms with Gasteiger partial charge in [0.1, 0.15) is 6.61 Å². The summed E-state index contributed by atoms with van der Waals surface area (Å²) in [6, 6.07) is 15.9. The van der Waals surface area contributed by atoms with E-state index in [4.69, 9.17) is 9.73 Å². The average Bonchev–Trinajstić information content (AvgIpc) is 3.45. The number of piperazine rings is 1. The van der Waals surface area contributed by atoms with Crippen molar-refractivity contribution >= 4 is 29.0 Å². The summed E-state index contributed by atoms with van der Waals surface area (Å²) in [7, 11) is 0. The molecular weight excluding hydrogens is 404 g/mol. The predicted molar refractivity (Wildman–Crippen MR) is 123 cm³/mol. The Bertz CT molecular complexity index is 1120. The van der Waals surface area contributed by atoms with Gasteiger partial charge in [-0.15, -0.1) is 0 Å². The normalized spacial score (nSPS) is 20.4. The molecule has 0 aromatic heterocycles. The maximum Gasteiger partial charge on any atom is 0.255 e. The van der Waals surface area contributed by atoms with Crippen molar-refractivity contribution in [1.82, 2.24) is 9.80 Å². The van der Waals surface area contributed by atoms with E-state index < -0.39 is 0 Å². The van der Waals surface area contributed by atoms with Gasteiger partial charge in [0.2, 0.25) is 5.78 Å². The van der Waals surface area contributed by atoms with E-state index in [2.05, 4.69) is 16.0 Å². The second-order valence-corrected chi connectivity index (χ2v) is 8.53. The maximum absolute atomic E-state index is 13.1. The molecule has 32 heavy (non-hydrogen) atoms. The lowest BCUT2D eigenvalue weighted by Gasteiger charge is -2.34. The van der Waals surface area contributed by atoms with Crippen molar-refractivity contribution in [1.29, 1.82) is 0 Å². The predicted octanol–water partition coefficient (Wildman–Crippen LogP) is 2.51. The highest BCUT2D eigenvalue weighted by atomic mass is 16.5. The number of Topliss-reactive ketones (excluding diaryl/α,β-unsaturated/α-hetero) is 1. The number of carbonyl (C=O) groups excluding carboxylic acids is 2. The monoisotopic (exact) mass is 430 g/mol. The smallest absolute Gasteiger partial charge is 0.255 e. The van der Waals surface area contributed by atoms with Crippen LogP contribution in [0.15, 0.2) is 58.5 Å². The molecule has 0 radical (unpaired) electrons. The molecule has 1 fully saturated rings. The summed E-state index contributed by atoms with van der Waals surface area (Å²) in [5.74, 6) is 0.177. The van der Waals surface area contributed by atoms with Crippen LogP contribution in [0.25, 0.3) is 0 Å². The van der Waals surface area contributed by atoms with Gasteiger partial charge in [-0.25, -0.2) is 4.99 Å². The molecule has 1 amide bonds. The van der Waals surface area contributed by atoms with Gasteiger partial charge in [0, 0.05) is 38.2 Å². The molecule has 2 aromatic rings. The number of benzene rings is 2. The lowest BCUT2D eigenvalue weighted by atomic mass is 10.0. The zero-order valence-corrected chi connectivity index (χ0v) is 18.2. The second kappa shape index (κ2) is 8.67. The molecule has 1 saturated heterocycles. The minimum atomic E-state index is -0.0832. The number of rotatable bonds is 5. The average molecular weight is 431 g/mol. The van der Waals surface area contributed by atoms with E-state index in [1.54, 1.807) is 0 Å². The lowest BCUT2D eigenvalue weighted by Crippen LogP contribution is -2.50. The van der Waals surface area contributed by atoms with Crippen LogP contribution >= 0.6 is 0 Å². The van der Waals surface area contributed by atoms with E-state index in [0.29, 0.717) is 38.3 Å². The summed E-state index contributed by atoms with van der Waals surface area (Å²) in [5.41, 5.74) is 4.88. The Morgan fingerprint density at radius 3 is 2.62 bits per heavy atom. The summed E-state index contributed by atoms with van der Waals surface area (Å²) in [6.07, 6.45) is 0.786. The van der Waals surface area contributed by atoms with Crippen LogP contribution < -0.4 is 0 Å². The zero-order chi connectivity index (χ0) is 22.1. The number of ether oxygens (including phenoxy) is 1. The largest absolute Gasteiger partial charge is 0.473 e. The van der Waals surface area contributed by atoms with Crippen LogP contribution in [0.5, 0.6) is 0 Å². The Morgan fingerprint density at radius 1 is 1.06 bits per heavy atom. The van der Waals surface area contributed by atoms with Gasteiger partial charge in [-0.2, -0.15) is 0 Å². The highest BCUT2D eigenvalue weighted by Crippen LogP contribution is 2.28. The molecule has 7 nitrogen and oxygen atoms in total. The Hall–Kier alpha value is -3.32. The first-order valence-corrected chi connectivity index (χ1v) is 11.1. The molecule has 7 heteroatoms. The highest BCUT2D eigenvalue weighted by molar-refractivity contribution is 6.37. The van der Waals surface area contributed by atoms with E-state index in [0.717, 1.165) is 23.4 Å². The number of aliphatic imine (C=N–C) groups is 2. The first-order chi connectivity index (χ1) is 15.6. The molecule has 3 aliphatic heterocycles. The maximum atomic E-state index is 13.1. The first kappa shape index (κ1) is 20.6. The SMILES string of the molecule is CC1COC(C(=O)CN2CCN(C(=O)c3cccc(C4=Nc5ccccc5C4)c3)CC2)=N1. The number of amides is 1. The van der Waals surface area contributed by atoms with E-state index >= 15 is 0 Å². The van der Waals surface area contributed by atoms with Gasteiger partial charge in [0.25, 0.3) is 11.8 Å². The molecule has 5 rings (SSSR count). The molecule has 2 aromatic carbocycles. The zero-order valence-electron chi connectivity index (χ0n) is 18.2. The number of ketones is 1. The lowest BCUT2D eigenvalue weighted by molar-refractivity contribution is -0.115. The molecular formula is C25H26N4O3. The van der Waals surface area contributed by atoms with Gasteiger partial charge in [-0.05, 0) is 36.2 Å². The van der Waals surface area contributed by atoms with Crippen LogP contribution in [0, 0.1) is 0 Å². The first-order valence-electron chi connectivity index (χ1n) is 11.1. The van der Waals surface area contributed by atoms with E-state index in [9.17, 15) is 9.59 Å². The minimum absolute atomic E-state index is 0.0197. The molecule has 1 atom stereocenters. The van der Waals surface area contributed by atoms with Crippen molar-refractivity contribution in [3.8, 4) is 0 Å². The highest BCUT2D eigenvalue weighted by Gasteiger charge is 2.27. The molecule has 3 aliphatic rings. The number of hydrogen-bond acceptors (Lipinski definition) is 6. The van der Waals surface area contributed by atoms with Crippen molar-refractivity contribution in [2.45, 2.75) is 19.4 Å². The number of nitrogens with zero attached hydrogens (tertiary/aromatic N) is 4. The van der Waals surface area contributed by atoms with Crippen LogP contribution in [-0.4, -0.2) is 78.5 Å². The van der Waals surface area contributed by atoms with Crippen molar-refractivity contribution < 1.29 is 14.3 Å². The third kappa shape index (κ3) is 4.21. The fourth-order valence-corrected chi connectivity index (χ4v) is 4.32. The molecule has 0 N–H and O–H groups in total. The molecule has 1 unspecified atom stereocenters. The van der Waals surface area contributed by atoms with Gasteiger partial charge in [0.15, 0.2) is 0 Å². The van der Waals surface area contributed by atoms with Crippen molar-refractivity contribution in [3.63, 3.8) is 0 Å². The summed E-state index contributed by atoms with van der Waals surface area (Å²) < 4.78 is 5.36. The van der Waals surface area contributed by atoms with Gasteiger partial charge in [0.05, 0.1) is 24.0 Å². The topological polar surface area (TPSA) is 74.6 Å². The molecule has 164 valence electrons. The molecule has 0 saturated carbocycles. The van der Waals surface area contributed by atoms with E-state index in [-0.39, 0.29) is 30.2 Å². The van der Waals surface area contributed by atoms with E-state index in [1.165, 1.54) is 5.56 Å². The van der Waals surface area contributed by atoms with Gasteiger partial charge >= 0.3 is 0 Å². The number of para-hydroxylation sites is 1. The summed E-state index contributed by atoms with van der Waals surface area (Å²) in [5, 5.41) is 0. The molecule has 0 spiro atoms. The number of fused-ring (bicyclic) bond motifs is 1. The number of carbonyl (C=O) groups is 2. The van der Waals surface area contributed by atoms with Crippen LogP contribution in [0.4, 0.5) is 5.69 Å². The van der Waals surface area contributed by atoms with Crippen molar-refractivity contribution in [2.24, 2.45) is 9.98 Å². The van der Waals surface area contributed by atoms with E-state index in [1.807, 2.05) is 54.3 Å². The van der Waals surface area contributed by atoms with Crippen LogP contribution in [0.2, 0.25) is 0 Å². The second-order valence-electron chi connectivity index (χ2n) is 8.53. The number of hydrogen-bond donors (Lipinski definition) is 0. The minimum Gasteiger partial charge on any atom is -0.473 e. The van der Waals surface area contributed by atoms with Crippen molar-refractivity contribution in [3.05, 3.63) is 65.2 Å². The van der Waals surface area contributed by atoms with Gasteiger partial charge in [-0.1, -0.05) is 30.3 Å². The Balaban J connectivity index is 1.20. The third-order valence-corrected chi connectivity index (χ3v) is 6.11. The summed E-state index contributed by atoms with van der Waals surface area (Å²) >= 11 is 0. The fraction of sp³-hybridized carbons (Fsp3) is 0.360. The van der Waals surface area contributed by atoms with Crippen LogP contribution in [0.1, 0.15) is 28.4 Å². The molecule has 0 aliphatic carbocycles. The third-order valence-electron chi connectivity index (χ3n) is 6.11. The fourth-order valence-electron chi connectivity index (χ4n) is 4.32. The quantitative estimate of drug-likeness (QED) is 0.731. The standard InChI is InChI=1S/C25H26N4O3/c1-17-16-32-24(26-17)23(30)15-28-9-11-29(12-10-28)25(31)20-7-4-6-18(13-20)22-14-19-5-2-3-8-21(19)27-22/h2-8,13,17H,9-12,14-16H2,1H3. The summed E-state index contributed by atoms with van der Waals surface area (Å²) in [6.45, 7) is 5.17. The summed E-state index contributed by atoms with van der Waals surface area (Å²) in [4.78, 5) is 38.4. The Morgan fingerprint density at radius 2 is 1.88 bits per heavy atom. The molecule has 3 heterocycles. The van der Waals surface area contributed by atoms with Crippen LogP contribution in [0.3, 0.4) is 0 Å². The Labute approximate surface area is 187 Å². The Kier molecular flexibility index (Phi) is 5.57. The van der Waals surface area contributed by atoms with Gasteiger partial charge in [-0.3, -0.25) is 19.5 Å². The molecule has 0 bridgehead atoms. The van der Waals surface area contributed by atoms with Gasteiger partial charge < -0.3 is 9.64 Å². The van der Waals surface area contributed by atoms with Crippen LogP contribution in [-0.2, 0) is 16.0 Å².